The lowest BCUT2D eigenvalue weighted by Crippen LogP contribution is -2.36. The third-order valence-corrected chi connectivity index (χ3v) is 7.67. The highest BCUT2D eigenvalue weighted by Gasteiger charge is 2.26. The molecule has 3 rings (SSSR count). The number of hydrogen-bond acceptors (Lipinski definition) is 7. The van der Waals surface area contributed by atoms with Crippen molar-refractivity contribution in [2.45, 2.75) is 44.9 Å². The highest BCUT2D eigenvalue weighted by atomic mass is 32.2. The number of ether oxygens (including phenoxy) is 2. The lowest BCUT2D eigenvalue weighted by Gasteiger charge is -2.22. The van der Waals surface area contributed by atoms with E-state index in [-0.39, 0.29) is 36.8 Å². The number of aliphatic hydroxyl groups is 1. The molecule has 0 bridgehead atoms. The third-order valence-electron chi connectivity index (χ3n) is 5.78. The molecule has 0 spiro atoms. The minimum atomic E-state index is -3.95. The Morgan fingerprint density at radius 3 is 2.56 bits per heavy atom. The summed E-state index contributed by atoms with van der Waals surface area (Å²) in [5, 5.41) is 14.7. The Bertz CT molecular complexity index is 1330. The Morgan fingerprint density at radius 2 is 1.89 bits per heavy atom. The number of rotatable bonds is 14. The molecular weight excluding hydrogens is 484 g/mol. The van der Waals surface area contributed by atoms with Crippen LogP contribution < -0.4 is 10.3 Å². The van der Waals surface area contributed by atoms with Crippen molar-refractivity contribution in [3.05, 3.63) is 40.3 Å². The highest BCUT2D eigenvalue weighted by molar-refractivity contribution is 7.89. The van der Waals surface area contributed by atoms with Crippen molar-refractivity contribution in [3.8, 4) is 17.0 Å². The molecule has 0 saturated carbocycles. The molecule has 3 aromatic rings. The molecule has 198 valence electrons. The van der Waals surface area contributed by atoms with Crippen molar-refractivity contribution < 1.29 is 23.0 Å². The summed E-state index contributed by atoms with van der Waals surface area (Å²) in [5.74, 6) is 0.467. The van der Waals surface area contributed by atoms with E-state index in [1.54, 1.807) is 17.8 Å². The van der Waals surface area contributed by atoms with E-state index in [0.29, 0.717) is 42.2 Å². The zero-order valence-electron chi connectivity index (χ0n) is 21.4. The normalized spacial score (nSPS) is 12.1. The molecule has 0 fully saturated rings. The maximum atomic E-state index is 13.5. The van der Waals surface area contributed by atoms with Crippen LogP contribution in [0.4, 0.5) is 0 Å². The van der Waals surface area contributed by atoms with Crippen molar-refractivity contribution in [1.82, 2.24) is 19.1 Å². The van der Waals surface area contributed by atoms with Gasteiger partial charge in [0.25, 0.3) is 5.56 Å². The molecule has 0 aliphatic carbocycles. The second-order valence-electron chi connectivity index (χ2n) is 8.43. The van der Waals surface area contributed by atoms with Gasteiger partial charge in [0.2, 0.25) is 10.0 Å². The van der Waals surface area contributed by atoms with Crippen molar-refractivity contribution in [1.29, 1.82) is 0 Å². The Labute approximate surface area is 211 Å². The summed E-state index contributed by atoms with van der Waals surface area (Å²) in [6, 6.07) is 6.44. The Hall–Kier alpha value is -2.73. The summed E-state index contributed by atoms with van der Waals surface area (Å²) in [6.45, 7) is 6.70. The predicted octanol–water partition coefficient (Wildman–Crippen LogP) is 2.69. The lowest BCUT2D eigenvalue weighted by molar-refractivity contribution is 0.129. The number of aromatic nitrogens is 3. The van der Waals surface area contributed by atoms with Gasteiger partial charge in [0.05, 0.1) is 36.1 Å². The van der Waals surface area contributed by atoms with Crippen molar-refractivity contribution >= 4 is 20.9 Å². The molecule has 0 aliphatic heterocycles. The smallest absolute Gasteiger partial charge is 0.274 e. The summed E-state index contributed by atoms with van der Waals surface area (Å²) in [7, 11) is -2.21. The van der Waals surface area contributed by atoms with Crippen LogP contribution in [0.3, 0.4) is 0 Å². The molecule has 36 heavy (non-hydrogen) atoms. The molecule has 1 aromatic carbocycles. The van der Waals surface area contributed by atoms with E-state index in [1.165, 1.54) is 16.4 Å². The minimum absolute atomic E-state index is 0.0345. The SMILES string of the molecule is CCCOc1ccc(S(=O)(=O)N(CCO)CCOCC)cc1-c1cc2c(CCC)nn(C)c2c(=O)[nH]1. The zero-order chi connectivity index (χ0) is 26.3. The van der Waals surface area contributed by atoms with E-state index in [0.717, 1.165) is 23.9 Å². The Kier molecular flexibility index (Phi) is 9.66. The second kappa shape index (κ2) is 12.5. The Balaban J connectivity index is 2.16. The van der Waals surface area contributed by atoms with E-state index in [4.69, 9.17) is 9.47 Å². The van der Waals surface area contributed by atoms with Crippen LogP contribution in [0.5, 0.6) is 5.75 Å². The number of sulfonamides is 1. The summed E-state index contributed by atoms with van der Waals surface area (Å²) in [4.78, 5) is 16.0. The van der Waals surface area contributed by atoms with E-state index in [2.05, 4.69) is 10.1 Å². The number of nitrogens with zero attached hydrogens (tertiary/aromatic N) is 3. The summed E-state index contributed by atoms with van der Waals surface area (Å²) < 4.78 is 41.0. The molecule has 0 atom stereocenters. The summed E-state index contributed by atoms with van der Waals surface area (Å²) in [5.41, 5.74) is 1.88. The molecule has 0 aliphatic rings. The predicted molar refractivity (Wildman–Crippen MR) is 139 cm³/mol. The van der Waals surface area contributed by atoms with E-state index in [9.17, 15) is 18.3 Å². The van der Waals surface area contributed by atoms with Gasteiger partial charge >= 0.3 is 0 Å². The van der Waals surface area contributed by atoms with Gasteiger partial charge < -0.3 is 19.6 Å². The largest absolute Gasteiger partial charge is 0.493 e. The first kappa shape index (κ1) is 27.9. The fourth-order valence-corrected chi connectivity index (χ4v) is 5.53. The number of aromatic amines is 1. The molecule has 0 unspecified atom stereocenters. The number of pyridine rings is 1. The number of nitrogens with one attached hydrogen (secondary N) is 1. The van der Waals surface area contributed by atoms with Crippen molar-refractivity contribution in [3.63, 3.8) is 0 Å². The first-order chi connectivity index (χ1) is 17.3. The first-order valence-electron chi connectivity index (χ1n) is 12.3. The van der Waals surface area contributed by atoms with Crippen LogP contribution >= 0.6 is 0 Å². The van der Waals surface area contributed by atoms with E-state index < -0.39 is 10.0 Å². The van der Waals surface area contributed by atoms with Crippen LogP contribution in [0.2, 0.25) is 0 Å². The van der Waals surface area contributed by atoms with Gasteiger partial charge in [0, 0.05) is 37.7 Å². The topological polar surface area (TPSA) is 127 Å². The van der Waals surface area contributed by atoms with Gasteiger partial charge in [-0.25, -0.2) is 8.42 Å². The van der Waals surface area contributed by atoms with E-state index >= 15 is 0 Å². The number of H-pyrrole nitrogens is 1. The van der Waals surface area contributed by atoms with Crippen molar-refractivity contribution in [2.75, 3.05) is 39.5 Å². The molecule has 10 nitrogen and oxygen atoms in total. The minimum Gasteiger partial charge on any atom is -0.493 e. The first-order valence-corrected chi connectivity index (χ1v) is 13.8. The average Bonchev–Trinajstić information content (AvgIpc) is 3.17. The summed E-state index contributed by atoms with van der Waals surface area (Å²) in [6.07, 6.45) is 2.35. The standard InChI is InChI=1S/C25H36N4O6S/c1-5-8-21-20-17-22(26-25(31)24(20)28(4)27-21)19-16-18(9-10-23(19)35-14-6-2)36(32,33)29(11-13-30)12-15-34-7-3/h9-10,16-17,30H,5-8,11-15H2,1-4H3,(H,26,31). The fourth-order valence-electron chi connectivity index (χ4n) is 4.09. The number of hydrogen-bond donors (Lipinski definition) is 2. The highest BCUT2D eigenvalue weighted by Crippen LogP contribution is 2.33. The molecule has 0 radical (unpaired) electrons. The zero-order valence-corrected chi connectivity index (χ0v) is 22.2. The van der Waals surface area contributed by atoms with Gasteiger partial charge in [-0.2, -0.15) is 9.40 Å². The van der Waals surface area contributed by atoms with Crippen LogP contribution in [-0.2, 0) is 28.2 Å². The Morgan fingerprint density at radius 1 is 1.11 bits per heavy atom. The van der Waals surface area contributed by atoms with Crippen LogP contribution in [0, 0.1) is 0 Å². The molecule has 0 amide bonds. The van der Waals surface area contributed by atoms with Crippen LogP contribution in [0.15, 0.2) is 34.0 Å². The average molecular weight is 521 g/mol. The number of aliphatic hydroxyl groups excluding tert-OH is 1. The molecule has 2 heterocycles. The number of fused-ring (bicyclic) bond motifs is 1. The monoisotopic (exact) mass is 520 g/mol. The van der Waals surface area contributed by atoms with Crippen LogP contribution in [-0.4, -0.2) is 72.1 Å². The number of benzene rings is 1. The van der Waals surface area contributed by atoms with Gasteiger partial charge in [0.1, 0.15) is 11.3 Å². The van der Waals surface area contributed by atoms with E-state index in [1.807, 2.05) is 26.8 Å². The van der Waals surface area contributed by atoms with Crippen LogP contribution in [0.25, 0.3) is 22.2 Å². The van der Waals surface area contributed by atoms with Gasteiger partial charge in [0.15, 0.2) is 0 Å². The molecule has 11 heteroatoms. The maximum absolute atomic E-state index is 13.5. The molecular formula is C25H36N4O6S. The number of aryl methyl sites for hydroxylation is 2. The second-order valence-corrected chi connectivity index (χ2v) is 10.4. The molecule has 2 aromatic heterocycles. The summed E-state index contributed by atoms with van der Waals surface area (Å²) >= 11 is 0. The maximum Gasteiger partial charge on any atom is 0.274 e. The van der Waals surface area contributed by atoms with Crippen molar-refractivity contribution in [2.24, 2.45) is 7.05 Å². The van der Waals surface area contributed by atoms with Crippen LogP contribution in [0.1, 0.15) is 39.3 Å². The third kappa shape index (κ3) is 5.97. The molecule has 0 saturated heterocycles. The quantitative estimate of drug-likeness (QED) is 0.313. The van der Waals surface area contributed by atoms with Gasteiger partial charge in [-0.15, -0.1) is 0 Å². The van der Waals surface area contributed by atoms with Gasteiger partial charge in [-0.05, 0) is 44.0 Å². The fraction of sp³-hybridized carbons (Fsp3) is 0.520. The van der Waals surface area contributed by atoms with Gasteiger partial charge in [-0.3, -0.25) is 9.48 Å². The lowest BCUT2D eigenvalue weighted by atomic mass is 10.1. The molecule has 2 N–H and O–H groups in total. The van der Waals surface area contributed by atoms with Gasteiger partial charge in [-0.1, -0.05) is 20.3 Å².